The van der Waals surface area contributed by atoms with Gasteiger partial charge >= 0.3 is 0 Å². The summed E-state index contributed by atoms with van der Waals surface area (Å²) in [4.78, 5) is 22.1. The van der Waals surface area contributed by atoms with Gasteiger partial charge in [-0.2, -0.15) is 0 Å². The van der Waals surface area contributed by atoms with Crippen molar-refractivity contribution >= 4 is 42.4 Å². The Balaban J connectivity index is 1.57. The molecule has 0 atom stereocenters. The van der Waals surface area contributed by atoms with Crippen molar-refractivity contribution in [2.24, 2.45) is 0 Å². The minimum Gasteiger partial charge on any atom is -0.497 e. The molecule has 0 unspecified atom stereocenters. The largest absolute Gasteiger partial charge is 0.497 e. The van der Waals surface area contributed by atoms with Gasteiger partial charge in [0.2, 0.25) is 5.91 Å². The summed E-state index contributed by atoms with van der Waals surface area (Å²) in [5.74, 6) is -0.540. The quantitative estimate of drug-likeness (QED) is 0.430. The van der Waals surface area contributed by atoms with Crippen LogP contribution in [0, 0.1) is 13.8 Å². The minimum atomic E-state index is -3.82. The smallest absolute Gasteiger partial charge is 0.244 e. The number of morpholine rings is 1. The van der Waals surface area contributed by atoms with E-state index in [4.69, 9.17) is 14.5 Å². The van der Waals surface area contributed by atoms with Crippen molar-refractivity contribution in [1.29, 1.82) is 0 Å². The highest BCUT2D eigenvalue weighted by Gasteiger charge is 2.27. The molecule has 2 heterocycles. The molecule has 0 radical (unpaired) electrons. The number of aromatic nitrogens is 1. The summed E-state index contributed by atoms with van der Waals surface area (Å²) in [6.45, 7) is 8.38. The number of rotatable bonds is 9. The van der Waals surface area contributed by atoms with Crippen LogP contribution in [0.2, 0.25) is 0 Å². The second-order valence-corrected chi connectivity index (χ2v) is 11.6. The average Bonchev–Trinajstić information content (AvgIpc) is 3.29. The van der Waals surface area contributed by atoms with E-state index in [0.29, 0.717) is 37.1 Å². The fourth-order valence-electron chi connectivity index (χ4n) is 4.04. The van der Waals surface area contributed by atoms with Gasteiger partial charge in [-0.25, -0.2) is 13.4 Å². The molecule has 0 bridgehead atoms. The van der Waals surface area contributed by atoms with E-state index >= 15 is 0 Å². The molecule has 1 fully saturated rings. The Morgan fingerprint density at radius 3 is 2.54 bits per heavy atom. The summed E-state index contributed by atoms with van der Waals surface area (Å²) >= 11 is 1.42. The van der Waals surface area contributed by atoms with Crippen LogP contribution in [0.1, 0.15) is 17.5 Å². The van der Waals surface area contributed by atoms with E-state index in [0.717, 1.165) is 41.0 Å². The van der Waals surface area contributed by atoms with Crippen LogP contribution in [0.4, 0.5) is 5.13 Å². The van der Waals surface area contributed by atoms with Crippen LogP contribution in [0.5, 0.6) is 5.75 Å². The van der Waals surface area contributed by atoms with Crippen LogP contribution in [-0.2, 0) is 19.4 Å². The highest BCUT2D eigenvalue weighted by molar-refractivity contribution is 7.92. The molecule has 35 heavy (non-hydrogen) atoms. The van der Waals surface area contributed by atoms with Crippen molar-refractivity contribution in [3.05, 3.63) is 47.5 Å². The molecule has 1 amide bonds. The van der Waals surface area contributed by atoms with Crippen molar-refractivity contribution in [2.75, 3.05) is 57.2 Å². The fourth-order valence-corrected chi connectivity index (χ4v) is 6.31. The van der Waals surface area contributed by atoms with E-state index in [9.17, 15) is 13.2 Å². The Labute approximate surface area is 210 Å². The molecule has 0 aliphatic carbocycles. The van der Waals surface area contributed by atoms with Gasteiger partial charge in [0.05, 0.1) is 35.4 Å². The van der Waals surface area contributed by atoms with Crippen molar-refractivity contribution in [3.63, 3.8) is 0 Å². The number of methoxy groups -OCH3 is 1. The first-order valence-corrected chi connectivity index (χ1v) is 14.1. The molecule has 1 aliphatic heterocycles. The van der Waals surface area contributed by atoms with Gasteiger partial charge in [-0.3, -0.25) is 14.6 Å². The number of amides is 1. The topological polar surface area (TPSA) is 89.0 Å². The second kappa shape index (κ2) is 11.0. The fraction of sp³-hybridized carbons (Fsp3) is 0.440. The first-order chi connectivity index (χ1) is 16.8. The number of anilines is 1. The van der Waals surface area contributed by atoms with Crippen molar-refractivity contribution < 1.29 is 22.7 Å². The minimum absolute atomic E-state index is 0.0932. The molecule has 188 valence electrons. The number of hydrogen-bond acceptors (Lipinski definition) is 8. The van der Waals surface area contributed by atoms with E-state index in [1.807, 2.05) is 26.0 Å². The first-order valence-electron chi connectivity index (χ1n) is 11.6. The lowest BCUT2D eigenvalue weighted by Crippen LogP contribution is -2.40. The van der Waals surface area contributed by atoms with E-state index < -0.39 is 21.5 Å². The van der Waals surface area contributed by atoms with Crippen molar-refractivity contribution in [1.82, 2.24) is 9.88 Å². The van der Waals surface area contributed by atoms with Gasteiger partial charge in [0.1, 0.15) is 11.5 Å². The van der Waals surface area contributed by atoms with E-state index in [1.54, 1.807) is 17.0 Å². The molecule has 4 rings (SSSR count). The maximum Gasteiger partial charge on any atom is 0.244 e. The van der Waals surface area contributed by atoms with Gasteiger partial charge < -0.3 is 9.47 Å². The van der Waals surface area contributed by atoms with Gasteiger partial charge in [0.15, 0.2) is 15.0 Å². The number of carbonyl (C=O) groups is 1. The number of sulfone groups is 1. The maximum absolute atomic E-state index is 13.4. The Bertz CT molecular complexity index is 1280. The van der Waals surface area contributed by atoms with Gasteiger partial charge in [0.25, 0.3) is 0 Å². The SMILES string of the molecule is COc1ccc(S(=O)(=O)CC(=O)N(CCCN2CCOCC2)c2nc3c(C)c(C)ccc3s2)cc1. The zero-order valence-corrected chi connectivity index (χ0v) is 22.0. The zero-order chi connectivity index (χ0) is 25.0. The molecular formula is C25H31N3O5S2. The molecule has 2 aromatic carbocycles. The predicted octanol–water partition coefficient (Wildman–Crippen LogP) is 3.45. The molecule has 10 heteroatoms. The first kappa shape index (κ1) is 25.6. The van der Waals surface area contributed by atoms with Crippen LogP contribution < -0.4 is 9.64 Å². The summed E-state index contributed by atoms with van der Waals surface area (Å²) < 4.78 is 37.6. The Kier molecular flexibility index (Phi) is 8.05. The van der Waals surface area contributed by atoms with Crippen LogP contribution in [0.15, 0.2) is 41.3 Å². The highest BCUT2D eigenvalue weighted by atomic mass is 32.2. The second-order valence-electron chi connectivity index (χ2n) is 8.64. The summed E-state index contributed by atoms with van der Waals surface area (Å²) in [6, 6.07) is 10.1. The van der Waals surface area contributed by atoms with Gasteiger partial charge in [-0.15, -0.1) is 0 Å². The molecular weight excluding hydrogens is 486 g/mol. The lowest BCUT2D eigenvalue weighted by molar-refractivity contribution is -0.116. The predicted molar refractivity (Wildman–Crippen MR) is 138 cm³/mol. The van der Waals surface area contributed by atoms with Crippen molar-refractivity contribution in [3.8, 4) is 5.75 Å². The molecule has 1 aliphatic rings. The summed E-state index contributed by atoms with van der Waals surface area (Å²) in [5.41, 5.74) is 3.05. The van der Waals surface area contributed by atoms with E-state index in [2.05, 4.69) is 4.90 Å². The summed E-state index contributed by atoms with van der Waals surface area (Å²) in [7, 11) is -2.31. The lowest BCUT2D eigenvalue weighted by Gasteiger charge is -2.27. The zero-order valence-electron chi connectivity index (χ0n) is 20.3. The number of fused-ring (bicyclic) bond motifs is 1. The molecule has 0 saturated carbocycles. The highest BCUT2D eigenvalue weighted by Crippen LogP contribution is 2.32. The van der Waals surface area contributed by atoms with Crippen LogP contribution in [0.25, 0.3) is 10.2 Å². The number of thiazole rings is 1. The summed E-state index contributed by atoms with van der Waals surface area (Å²) in [5, 5.41) is 0.533. The number of aryl methyl sites for hydroxylation is 2. The normalized spacial score (nSPS) is 14.8. The molecule has 0 spiro atoms. The maximum atomic E-state index is 13.4. The van der Waals surface area contributed by atoms with Crippen LogP contribution in [0.3, 0.4) is 0 Å². The molecule has 8 nitrogen and oxygen atoms in total. The van der Waals surface area contributed by atoms with Crippen LogP contribution in [-0.4, -0.2) is 76.5 Å². The third-order valence-electron chi connectivity index (χ3n) is 6.30. The Morgan fingerprint density at radius 2 is 1.86 bits per heavy atom. The van der Waals surface area contributed by atoms with E-state index in [1.165, 1.54) is 30.6 Å². The van der Waals surface area contributed by atoms with Crippen molar-refractivity contribution in [2.45, 2.75) is 25.2 Å². The van der Waals surface area contributed by atoms with E-state index in [-0.39, 0.29) is 4.90 Å². The Morgan fingerprint density at radius 1 is 1.14 bits per heavy atom. The number of ether oxygens (including phenoxy) is 2. The molecule has 0 N–H and O–H groups in total. The average molecular weight is 518 g/mol. The lowest BCUT2D eigenvalue weighted by atomic mass is 10.1. The van der Waals surface area contributed by atoms with Gasteiger partial charge in [-0.1, -0.05) is 17.4 Å². The number of hydrogen-bond donors (Lipinski definition) is 0. The third-order valence-corrected chi connectivity index (χ3v) is 8.96. The summed E-state index contributed by atoms with van der Waals surface area (Å²) in [6.07, 6.45) is 0.711. The third kappa shape index (κ3) is 6.00. The number of benzene rings is 2. The van der Waals surface area contributed by atoms with Gasteiger partial charge in [-0.05, 0) is 61.7 Å². The Hall–Kier alpha value is -2.53. The standard InChI is InChI=1S/C25H31N3O5S2/c1-18-5-10-22-24(19(18)2)26-25(34-22)28(12-4-11-27-13-15-33-16-14-27)23(29)17-35(30,31)21-8-6-20(32-3)7-9-21/h5-10H,4,11-17H2,1-3H3. The molecule has 3 aromatic rings. The van der Waals surface area contributed by atoms with Crippen LogP contribution >= 0.6 is 11.3 Å². The number of carbonyl (C=O) groups excluding carboxylic acids is 1. The molecule has 1 aromatic heterocycles. The monoisotopic (exact) mass is 517 g/mol. The van der Waals surface area contributed by atoms with Gasteiger partial charge in [0, 0.05) is 26.2 Å². The molecule has 1 saturated heterocycles. The number of nitrogens with zero attached hydrogens (tertiary/aromatic N) is 3.